The van der Waals surface area contributed by atoms with Crippen LogP contribution in [0.4, 0.5) is 0 Å². The van der Waals surface area contributed by atoms with E-state index in [0.29, 0.717) is 25.3 Å². The van der Waals surface area contributed by atoms with Crippen LogP contribution in [0.25, 0.3) is 0 Å². The summed E-state index contributed by atoms with van der Waals surface area (Å²) in [4.78, 5) is 12.0. The summed E-state index contributed by atoms with van der Waals surface area (Å²) in [6.07, 6.45) is 0.670. The van der Waals surface area contributed by atoms with E-state index in [0.717, 1.165) is 0 Å². The lowest BCUT2D eigenvalue weighted by Crippen LogP contribution is -2.34. The third-order valence-electron chi connectivity index (χ3n) is 3.02. The van der Waals surface area contributed by atoms with E-state index in [1.165, 1.54) is 19.2 Å². The van der Waals surface area contributed by atoms with Gasteiger partial charge in [0, 0.05) is 12.5 Å². The quantitative estimate of drug-likeness (QED) is 0.684. The molecule has 21 heavy (non-hydrogen) atoms. The molecule has 1 rings (SSSR count). The summed E-state index contributed by atoms with van der Waals surface area (Å²) in [6, 6.07) is 6.12. The molecular formula is C14H22N2O4S. The maximum absolute atomic E-state index is 12.2. The highest BCUT2D eigenvalue weighted by Gasteiger charge is 2.23. The van der Waals surface area contributed by atoms with E-state index in [1.54, 1.807) is 19.1 Å². The molecule has 1 aromatic carbocycles. The van der Waals surface area contributed by atoms with Crippen LogP contribution in [-0.2, 0) is 14.6 Å². The van der Waals surface area contributed by atoms with E-state index in [1.807, 2.05) is 0 Å². The minimum Gasteiger partial charge on any atom is -0.497 e. The summed E-state index contributed by atoms with van der Waals surface area (Å²) in [5.74, 6) is -0.537. The molecule has 7 heteroatoms. The number of hydrogen-bond acceptors (Lipinski definition) is 5. The van der Waals surface area contributed by atoms with Gasteiger partial charge < -0.3 is 15.8 Å². The molecule has 0 spiro atoms. The van der Waals surface area contributed by atoms with Crippen molar-refractivity contribution in [2.24, 2.45) is 11.7 Å². The Morgan fingerprint density at radius 1 is 1.33 bits per heavy atom. The maximum Gasteiger partial charge on any atom is 0.223 e. The monoisotopic (exact) mass is 314 g/mol. The molecule has 0 aliphatic carbocycles. The molecule has 0 fully saturated rings. The van der Waals surface area contributed by atoms with Gasteiger partial charge in [0.25, 0.3) is 0 Å². The van der Waals surface area contributed by atoms with Crippen molar-refractivity contribution >= 4 is 15.7 Å². The minimum absolute atomic E-state index is 0.185. The lowest BCUT2D eigenvalue weighted by molar-refractivity contribution is -0.123. The van der Waals surface area contributed by atoms with Crippen LogP contribution in [0.15, 0.2) is 29.2 Å². The van der Waals surface area contributed by atoms with Crippen molar-refractivity contribution in [3.05, 3.63) is 24.3 Å². The van der Waals surface area contributed by atoms with Crippen molar-refractivity contribution in [1.29, 1.82) is 0 Å². The van der Waals surface area contributed by atoms with E-state index >= 15 is 0 Å². The highest BCUT2D eigenvalue weighted by Crippen LogP contribution is 2.18. The molecule has 1 amide bonds. The summed E-state index contributed by atoms with van der Waals surface area (Å²) in [5, 5.41) is 2.67. The van der Waals surface area contributed by atoms with Gasteiger partial charge in [0.2, 0.25) is 5.91 Å². The van der Waals surface area contributed by atoms with Gasteiger partial charge >= 0.3 is 0 Å². The van der Waals surface area contributed by atoms with Gasteiger partial charge in [-0.2, -0.15) is 0 Å². The molecule has 1 unspecified atom stereocenters. The molecule has 0 aliphatic rings. The second-order valence-electron chi connectivity index (χ2n) is 4.79. The number of rotatable bonds is 8. The zero-order valence-corrected chi connectivity index (χ0v) is 13.2. The van der Waals surface area contributed by atoms with Gasteiger partial charge in [-0.1, -0.05) is 6.92 Å². The Balaban J connectivity index is 2.68. The first-order valence-electron chi connectivity index (χ1n) is 6.75. The zero-order chi connectivity index (χ0) is 15.9. The van der Waals surface area contributed by atoms with Crippen molar-refractivity contribution in [3.8, 4) is 5.75 Å². The van der Waals surface area contributed by atoms with Crippen LogP contribution in [0.1, 0.15) is 13.3 Å². The molecule has 0 radical (unpaired) electrons. The van der Waals surface area contributed by atoms with Gasteiger partial charge in [-0.3, -0.25) is 4.79 Å². The summed E-state index contributed by atoms with van der Waals surface area (Å²) in [5.41, 5.74) is 5.33. The van der Waals surface area contributed by atoms with Crippen LogP contribution in [0.2, 0.25) is 0 Å². The van der Waals surface area contributed by atoms with Gasteiger partial charge in [0.1, 0.15) is 5.75 Å². The number of ether oxygens (including phenoxy) is 1. The second-order valence-corrected chi connectivity index (χ2v) is 6.83. The van der Waals surface area contributed by atoms with E-state index in [2.05, 4.69) is 5.32 Å². The average molecular weight is 314 g/mol. The molecule has 0 aliphatic heterocycles. The molecule has 6 nitrogen and oxygen atoms in total. The molecule has 3 N–H and O–H groups in total. The third-order valence-corrected chi connectivity index (χ3v) is 4.94. The van der Waals surface area contributed by atoms with Gasteiger partial charge in [-0.05, 0) is 37.2 Å². The lowest BCUT2D eigenvalue weighted by atomic mass is 10.2. The Bertz CT molecular complexity index is 555. The highest BCUT2D eigenvalue weighted by atomic mass is 32.2. The van der Waals surface area contributed by atoms with Gasteiger partial charge in [0.05, 0.1) is 17.8 Å². The van der Waals surface area contributed by atoms with E-state index in [-0.39, 0.29) is 16.6 Å². The molecule has 0 saturated heterocycles. The first-order chi connectivity index (χ1) is 9.90. The summed E-state index contributed by atoms with van der Waals surface area (Å²) in [7, 11) is -1.99. The Hall–Kier alpha value is -1.60. The van der Waals surface area contributed by atoms with Crippen LogP contribution >= 0.6 is 0 Å². The number of hydrogen-bond donors (Lipinski definition) is 2. The van der Waals surface area contributed by atoms with Gasteiger partial charge in [-0.15, -0.1) is 0 Å². The van der Waals surface area contributed by atoms with Crippen molar-refractivity contribution in [2.45, 2.75) is 18.2 Å². The largest absolute Gasteiger partial charge is 0.497 e. The van der Waals surface area contributed by atoms with E-state index in [4.69, 9.17) is 10.5 Å². The van der Waals surface area contributed by atoms with Crippen molar-refractivity contribution in [1.82, 2.24) is 5.32 Å². The van der Waals surface area contributed by atoms with Crippen LogP contribution in [0.3, 0.4) is 0 Å². The normalized spacial score (nSPS) is 12.7. The number of sulfone groups is 1. The number of carbonyl (C=O) groups excluding carboxylic acids is 1. The Morgan fingerprint density at radius 3 is 2.48 bits per heavy atom. The average Bonchev–Trinajstić information content (AvgIpc) is 2.47. The number of carbonyl (C=O) groups is 1. The minimum atomic E-state index is -3.50. The Kier molecular flexibility index (Phi) is 6.64. The smallest absolute Gasteiger partial charge is 0.223 e. The molecule has 0 aromatic heterocycles. The standard InChI is InChI=1S/C14H22N2O4S/c1-11(14(17)16-9-3-8-15)10-21(18,19)13-6-4-12(20-2)5-7-13/h4-7,11H,3,8-10,15H2,1-2H3,(H,16,17). The Labute approximate surface area is 125 Å². The Morgan fingerprint density at radius 2 is 1.95 bits per heavy atom. The van der Waals surface area contributed by atoms with Crippen LogP contribution < -0.4 is 15.8 Å². The van der Waals surface area contributed by atoms with Crippen LogP contribution in [0, 0.1) is 5.92 Å². The summed E-state index contributed by atoms with van der Waals surface area (Å²) < 4.78 is 29.5. The highest BCUT2D eigenvalue weighted by molar-refractivity contribution is 7.91. The lowest BCUT2D eigenvalue weighted by Gasteiger charge is -2.12. The number of nitrogens with two attached hydrogens (primary N) is 1. The van der Waals surface area contributed by atoms with Crippen molar-refractivity contribution in [3.63, 3.8) is 0 Å². The molecule has 118 valence electrons. The van der Waals surface area contributed by atoms with Crippen LogP contribution in [-0.4, -0.2) is 40.3 Å². The fraction of sp³-hybridized carbons (Fsp3) is 0.500. The topological polar surface area (TPSA) is 98.5 Å². The molecule has 1 atom stereocenters. The predicted molar refractivity (Wildman–Crippen MR) is 80.9 cm³/mol. The maximum atomic E-state index is 12.2. The molecular weight excluding hydrogens is 292 g/mol. The fourth-order valence-electron chi connectivity index (χ4n) is 1.77. The van der Waals surface area contributed by atoms with E-state index < -0.39 is 15.8 Å². The third kappa shape index (κ3) is 5.35. The molecule has 0 heterocycles. The van der Waals surface area contributed by atoms with Gasteiger partial charge in [-0.25, -0.2) is 8.42 Å². The first-order valence-corrected chi connectivity index (χ1v) is 8.40. The van der Waals surface area contributed by atoms with E-state index in [9.17, 15) is 13.2 Å². The first kappa shape index (κ1) is 17.5. The second kappa shape index (κ2) is 7.99. The SMILES string of the molecule is COc1ccc(S(=O)(=O)CC(C)C(=O)NCCCN)cc1. The molecule has 0 saturated carbocycles. The molecule has 0 bridgehead atoms. The van der Waals surface area contributed by atoms with Crippen LogP contribution in [0.5, 0.6) is 5.75 Å². The summed E-state index contributed by atoms with van der Waals surface area (Å²) >= 11 is 0. The summed E-state index contributed by atoms with van der Waals surface area (Å²) in [6.45, 7) is 2.54. The number of benzene rings is 1. The molecule has 1 aromatic rings. The van der Waals surface area contributed by atoms with Gasteiger partial charge in [0.15, 0.2) is 9.84 Å². The predicted octanol–water partition coefficient (Wildman–Crippen LogP) is 0.570. The fourth-order valence-corrected chi connectivity index (χ4v) is 3.32. The number of amides is 1. The van der Waals surface area contributed by atoms with Crippen molar-refractivity contribution in [2.75, 3.05) is 26.0 Å². The number of nitrogens with one attached hydrogen (secondary N) is 1. The number of methoxy groups -OCH3 is 1. The van der Waals surface area contributed by atoms with Crippen molar-refractivity contribution < 1.29 is 17.9 Å². The zero-order valence-electron chi connectivity index (χ0n) is 12.3.